The number of hydrogen-bond donors (Lipinski definition) is 2. The minimum absolute atomic E-state index is 0.512. The van der Waals surface area contributed by atoms with E-state index in [1.807, 2.05) is 35.2 Å². The van der Waals surface area contributed by atoms with Crippen molar-refractivity contribution in [1.29, 1.82) is 5.41 Å². The van der Waals surface area contributed by atoms with Crippen LogP contribution in [0.5, 0.6) is 0 Å². The first kappa shape index (κ1) is 8.10. The van der Waals surface area contributed by atoms with Crippen molar-refractivity contribution < 1.29 is 0 Å². The minimum Gasteiger partial charge on any atom is -0.343 e. The van der Waals surface area contributed by atoms with Gasteiger partial charge in [-0.15, -0.1) is 0 Å². The Hall–Kier alpha value is -1.51. The molecule has 0 atom stereocenters. The third-order valence-electron chi connectivity index (χ3n) is 2.21. The molecule has 1 aromatic rings. The second-order valence-corrected chi connectivity index (χ2v) is 3.18. The Labute approximate surface area is 77.9 Å². The van der Waals surface area contributed by atoms with E-state index in [1.54, 1.807) is 0 Å². The summed E-state index contributed by atoms with van der Waals surface area (Å²) in [6.45, 7) is 2.03. The molecule has 2 rings (SSSR count). The molecule has 3 heteroatoms. The van der Waals surface area contributed by atoms with E-state index in [2.05, 4.69) is 5.32 Å². The van der Waals surface area contributed by atoms with Crippen LogP contribution in [0, 0.1) is 5.41 Å². The summed E-state index contributed by atoms with van der Waals surface area (Å²) in [7, 11) is 0. The Balaban J connectivity index is 1.94. The van der Waals surface area contributed by atoms with Crippen molar-refractivity contribution in [2.75, 3.05) is 18.4 Å². The molecular formula is C10H13N3. The zero-order valence-electron chi connectivity index (χ0n) is 7.46. The average Bonchev–Trinajstić information content (AvgIpc) is 2.02. The monoisotopic (exact) mass is 175 g/mol. The van der Waals surface area contributed by atoms with Gasteiger partial charge in [0, 0.05) is 18.8 Å². The van der Waals surface area contributed by atoms with Gasteiger partial charge in [-0.05, 0) is 18.6 Å². The molecule has 0 spiro atoms. The number of guanidine groups is 1. The Morgan fingerprint density at radius 3 is 2.46 bits per heavy atom. The summed E-state index contributed by atoms with van der Waals surface area (Å²) >= 11 is 0. The molecule has 68 valence electrons. The summed E-state index contributed by atoms with van der Waals surface area (Å²) in [5.74, 6) is 0.512. The maximum Gasteiger partial charge on any atom is 0.195 e. The second-order valence-electron chi connectivity index (χ2n) is 3.18. The first-order valence-corrected chi connectivity index (χ1v) is 4.52. The summed E-state index contributed by atoms with van der Waals surface area (Å²) in [6, 6.07) is 9.83. The fourth-order valence-corrected chi connectivity index (χ4v) is 1.28. The predicted molar refractivity (Wildman–Crippen MR) is 54.0 cm³/mol. The van der Waals surface area contributed by atoms with Crippen LogP contribution in [0.15, 0.2) is 30.3 Å². The number of anilines is 1. The van der Waals surface area contributed by atoms with E-state index in [0.29, 0.717) is 5.96 Å². The van der Waals surface area contributed by atoms with Gasteiger partial charge in [0.15, 0.2) is 5.96 Å². The first-order chi connectivity index (χ1) is 6.36. The highest BCUT2D eigenvalue weighted by Crippen LogP contribution is 2.10. The number of likely N-dealkylation sites (tertiary alicyclic amines) is 1. The lowest BCUT2D eigenvalue weighted by Crippen LogP contribution is -2.45. The highest BCUT2D eigenvalue weighted by atomic mass is 15.3. The third-order valence-corrected chi connectivity index (χ3v) is 2.21. The van der Waals surface area contributed by atoms with Crippen LogP contribution in [0.1, 0.15) is 6.42 Å². The number of nitrogens with zero attached hydrogens (tertiary/aromatic N) is 1. The van der Waals surface area contributed by atoms with Gasteiger partial charge in [-0.1, -0.05) is 18.2 Å². The maximum atomic E-state index is 7.70. The van der Waals surface area contributed by atoms with Gasteiger partial charge in [-0.3, -0.25) is 5.41 Å². The fourth-order valence-electron chi connectivity index (χ4n) is 1.28. The summed E-state index contributed by atoms with van der Waals surface area (Å²) in [6.07, 6.45) is 1.21. The van der Waals surface area contributed by atoms with E-state index in [4.69, 9.17) is 5.41 Å². The van der Waals surface area contributed by atoms with Crippen LogP contribution in [0.2, 0.25) is 0 Å². The molecule has 0 radical (unpaired) electrons. The summed E-state index contributed by atoms with van der Waals surface area (Å²) in [4.78, 5) is 2.02. The topological polar surface area (TPSA) is 39.1 Å². The van der Waals surface area contributed by atoms with Crippen molar-refractivity contribution in [3.8, 4) is 0 Å². The van der Waals surface area contributed by atoms with Gasteiger partial charge in [-0.25, -0.2) is 0 Å². The number of para-hydroxylation sites is 1. The number of hydrogen-bond acceptors (Lipinski definition) is 1. The minimum atomic E-state index is 0.512. The standard InChI is InChI=1S/C10H13N3/c11-10(13-7-4-8-13)12-9-5-2-1-3-6-9/h1-3,5-6H,4,7-8H2,(H2,11,12). The lowest BCUT2D eigenvalue weighted by atomic mass is 10.2. The average molecular weight is 175 g/mol. The SMILES string of the molecule is N=C(Nc1ccccc1)N1CCC1. The molecule has 1 aliphatic rings. The highest BCUT2D eigenvalue weighted by molar-refractivity contribution is 5.91. The predicted octanol–water partition coefficient (Wildman–Crippen LogP) is 1.74. The molecule has 3 nitrogen and oxygen atoms in total. The molecule has 1 aliphatic heterocycles. The summed E-state index contributed by atoms with van der Waals surface area (Å²) in [5, 5.41) is 10.8. The molecule has 1 fully saturated rings. The van der Waals surface area contributed by atoms with E-state index in [1.165, 1.54) is 6.42 Å². The molecule has 0 aromatic heterocycles. The molecule has 1 heterocycles. The zero-order valence-corrected chi connectivity index (χ0v) is 7.46. The number of nitrogens with one attached hydrogen (secondary N) is 2. The van der Waals surface area contributed by atoms with Crippen LogP contribution in [0.3, 0.4) is 0 Å². The van der Waals surface area contributed by atoms with Gasteiger partial charge in [0.1, 0.15) is 0 Å². The first-order valence-electron chi connectivity index (χ1n) is 4.52. The van der Waals surface area contributed by atoms with E-state index in [0.717, 1.165) is 18.8 Å². The van der Waals surface area contributed by atoms with E-state index >= 15 is 0 Å². The Morgan fingerprint density at radius 2 is 1.92 bits per heavy atom. The molecule has 0 aliphatic carbocycles. The second kappa shape index (κ2) is 3.47. The molecule has 2 N–H and O–H groups in total. The maximum absolute atomic E-state index is 7.70. The number of benzene rings is 1. The normalized spacial score (nSPS) is 14.9. The van der Waals surface area contributed by atoms with Crippen LogP contribution < -0.4 is 5.32 Å². The molecule has 0 saturated carbocycles. The van der Waals surface area contributed by atoms with Crippen molar-refractivity contribution in [2.24, 2.45) is 0 Å². The van der Waals surface area contributed by atoms with Gasteiger partial charge in [0.25, 0.3) is 0 Å². The summed E-state index contributed by atoms with van der Waals surface area (Å²) < 4.78 is 0. The van der Waals surface area contributed by atoms with Gasteiger partial charge in [-0.2, -0.15) is 0 Å². The Kier molecular flexibility index (Phi) is 2.17. The quantitative estimate of drug-likeness (QED) is 0.504. The van der Waals surface area contributed by atoms with Gasteiger partial charge in [0.05, 0.1) is 0 Å². The number of rotatable bonds is 1. The van der Waals surface area contributed by atoms with Crippen molar-refractivity contribution in [3.05, 3.63) is 30.3 Å². The van der Waals surface area contributed by atoms with Crippen molar-refractivity contribution in [2.45, 2.75) is 6.42 Å². The molecule has 1 saturated heterocycles. The third kappa shape index (κ3) is 1.80. The van der Waals surface area contributed by atoms with Crippen LogP contribution in [-0.4, -0.2) is 23.9 Å². The molecule has 13 heavy (non-hydrogen) atoms. The van der Waals surface area contributed by atoms with Crippen LogP contribution in [0.4, 0.5) is 5.69 Å². The van der Waals surface area contributed by atoms with Gasteiger partial charge >= 0.3 is 0 Å². The smallest absolute Gasteiger partial charge is 0.195 e. The van der Waals surface area contributed by atoms with Crippen molar-refractivity contribution in [1.82, 2.24) is 4.90 Å². The lowest BCUT2D eigenvalue weighted by molar-refractivity contribution is 0.297. The van der Waals surface area contributed by atoms with Crippen molar-refractivity contribution >= 4 is 11.6 Å². The highest BCUT2D eigenvalue weighted by Gasteiger charge is 2.16. The Morgan fingerprint density at radius 1 is 1.23 bits per heavy atom. The molecule has 1 aromatic carbocycles. The molecular weight excluding hydrogens is 162 g/mol. The molecule has 0 amide bonds. The van der Waals surface area contributed by atoms with E-state index in [-0.39, 0.29) is 0 Å². The van der Waals surface area contributed by atoms with E-state index < -0.39 is 0 Å². The van der Waals surface area contributed by atoms with Crippen LogP contribution in [-0.2, 0) is 0 Å². The summed E-state index contributed by atoms with van der Waals surface area (Å²) in [5.41, 5.74) is 0.986. The Bertz CT molecular complexity index is 290. The molecule has 0 bridgehead atoms. The van der Waals surface area contributed by atoms with Crippen LogP contribution in [0.25, 0.3) is 0 Å². The zero-order chi connectivity index (χ0) is 9.10. The van der Waals surface area contributed by atoms with E-state index in [9.17, 15) is 0 Å². The van der Waals surface area contributed by atoms with Crippen LogP contribution >= 0.6 is 0 Å². The fraction of sp³-hybridized carbons (Fsp3) is 0.300. The lowest BCUT2D eigenvalue weighted by Gasteiger charge is -2.33. The van der Waals surface area contributed by atoms with Crippen molar-refractivity contribution in [3.63, 3.8) is 0 Å². The van der Waals surface area contributed by atoms with Gasteiger partial charge in [0.2, 0.25) is 0 Å². The van der Waals surface area contributed by atoms with Gasteiger partial charge < -0.3 is 10.2 Å². The molecule has 0 unspecified atom stereocenters. The largest absolute Gasteiger partial charge is 0.343 e.